The minimum atomic E-state index is -4.01. The first-order valence-corrected chi connectivity index (χ1v) is 12.7. The highest BCUT2D eigenvalue weighted by molar-refractivity contribution is 7.92. The minimum absolute atomic E-state index is 0.100. The van der Waals surface area contributed by atoms with Crippen LogP contribution in [0.15, 0.2) is 77.7 Å². The van der Waals surface area contributed by atoms with Crippen LogP contribution < -0.4 is 19.1 Å². The van der Waals surface area contributed by atoms with Crippen LogP contribution in [0.25, 0.3) is 0 Å². The zero-order chi connectivity index (χ0) is 24.1. The van der Waals surface area contributed by atoms with E-state index in [-0.39, 0.29) is 17.5 Å². The molecule has 3 aromatic rings. The summed E-state index contributed by atoms with van der Waals surface area (Å²) in [7, 11) is -4.01. The van der Waals surface area contributed by atoms with E-state index in [2.05, 4.69) is 5.32 Å². The van der Waals surface area contributed by atoms with Gasteiger partial charge in [0.25, 0.3) is 10.0 Å². The maximum atomic E-state index is 13.6. The van der Waals surface area contributed by atoms with Gasteiger partial charge in [0.1, 0.15) is 19.8 Å². The standard InChI is InChI=1S/C26H28N2O5S/c1-3-23(20-11-9-19(2)10-12-20)27-26(29)18-28(34(30,31)22-7-5-4-6-8-22)21-13-14-24-25(17-21)33-16-15-32-24/h4-14,17,23H,3,15-16,18H2,1-2H3,(H,27,29)/t23-/m0/s1. The number of amides is 1. The number of aryl methyl sites for hydroxylation is 1. The summed E-state index contributed by atoms with van der Waals surface area (Å²) < 4.78 is 39.5. The number of nitrogens with one attached hydrogen (secondary N) is 1. The monoisotopic (exact) mass is 480 g/mol. The summed E-state index contributed by atoms with van der Waals surface area (Å²) in [6.07, 6.45) is 0.671. The Balaban J connectivity index is 1.64. The zero-order valence-electron chi connectivity index (χ0n) is 19.2. The fourth-order valence-electron chi connectivity index (χ4n) is 3.81. The maximum Gasteiger partial charge on any atom is 0.264 e. The van der Waals surface area contributed by atoms with E-state index in [9.17, 15) is 13.2 Å². The third kappa shape index (κ3) is 5.17. The van der Waals surface area contributed by atoms with Gasteiger partial charge in [0.2, 0.25) is 5.91 Å². The molecule has 7 nitrogen and oxygen atoms in total. The molecule has 1 heterocycles. The van der Waals surface area contributed by atoms with E-state index >= 15 is 0 Å². The summed E-state index contributed by atoms with van der Waals surface area (Å²) in [5.41, 5.74) is 2.42. The van der Waals surface area contributed by atoms with Crippen molar-refractivity contribution in [3.05, 3.63) is 83.9 Å². The lowest BCUT2D eigenvalue weighted by molar-refractivity contribution is -0.120. The van der Waals surface area contributed by atoms with Crippen LogP contribution in [0, 0.1) is 6.92 Å². The molecule has 0 saturated heterocycles. The van der Waals surface area contributed by atoms with Crippen molar-refractivity contribution in [2.75, 3.05) is 24.1 Å². The number of benzene rings is 3. The Labute approximate surface area is 200 Å². The second-order valence-electron chi connectivity index (χ2n) is 8.09. The quantitative estimate of drug-likeness (QED) is 0.522. The Morgan fingerprint density at radius 2 is 1.65 bits per heavy atom. The number of hydrogen-bond donors (Lipinski definition) is 1. The summed E-state index contributed by atoms with van der Waals surface area (Å²) in [6.45, 7) is 4.40. The van der Waals surface area contributed by atoms with Gasteiger partial charge in [0.05, 0.1) is 16.6 Å². The van der Waals surface area contributed by atoms with Crippen LogP contribution in [-0.2, 0) is 14.8 Å². The van der Waals surface area contributed by atoms with Crippen molar-refractivity contribution in [1.82, 2.24) is 5.32 Å². The van der Waals surface area contributed by atoms with Gasteiger partial charge in [-0.05, 0) is 43.2 Å². The molecule has 0 aliphatic carbocycles. The molecule has 34 heavy (non-hydrogen) atoms. The molecule has 3 aromatic carbocycles. The molecule has 8 heteroatoms. The van der Waals surface area contributed by atoms with Gasteiger partial charge in [-0.3, -0.25) is 9.10 Å². The summed E-state index contributed by atoms with van der Waals surface area (Å²) in [4.78, 5) is 13.2. The number of hydrogen-bond acceptors (Lipinski definition) is 5. The van der Waals surface area contributed by atoms with Gasteiger partial charge >= 0.3 is 0 Å². The molecule has 1 aliphatic heterocycles. The maximum absolute atomic E-state index is 13.6. The van der Waals surface area contributed by atoms with E-state index < -0.39 is 15.9 Å². The highest BCUT2D eigenvalue weighted by atomic mass is 32.2. The highest BCUT2D eigenvalue weighted by Crippen LogP contribution is 2.35. The fraction of sp³-hybridized carbons (Fsp3) is 0.269. The first-order chi connectivity index (χ1) is 16.4. The summed E-state index contributed by atoms with van der Waals surface area (Å²) in [5.74, 6) is 0.590. The number of carbonyl (C=O) groups is 1. The Hall–Kier alpha value is -3.52. The Morgan fingerprint density at radius 1 is 0.971 bits per heavy atom. The predicted octanol–water partition coefficient (Wildman–Crippen LogP) is 4.23. The van der Waals surface area contributed by atoms with Crippen molar-refractivity contribution in [2.24, 2.45) is 0 Å². The van der Waals surface area contributed by atoms with E-state index in [0.29, 0.717) is 36.8 Å². The Morgan fingerprint density at radius 3 is 2.32 bits per heavy atom. The van der Waals surface area contributed by atoms with Crippen molar-refractivity contribution in [2.45, 2.75) is 31.2 Å². The molecule has 1 aliphatic rings. The number of anilines is 1. The van der Waals surface area contributed by atoms with Crippen LogP contribution in [0.3, 0.4) is 0 Å². The molecular weight excluding hydrogens is 452 g/mol. The lowest BCUT2D eigenvalue weighted by atomic mass is 10.0. The molecule has 0 unspecified atom stereocenters. The second-order valence-corrected chi connectivity index (χ2v) is 9.95. The largest absolute Gasteiger partial charge is 0.486 e. The van der Waals surface area contributed by atoms with Crippen LogP contribution in [0.4, 0.5) is 5.69 Å². The van der Waals surface area contributed by atoms with Gasteiger partial charge in [-0.25, -0.2) is 8.42 Å². The van der Waals surface area contributed by atoms with E-state index in [4.69, 9.17) is 9.47 Å². The zero-order valence-corrected chi connectivity index (χ0v) is 20.0. The molecule has 1 amide bonds. The van der Waals surface area contributed by atoms with Gasteiger partial charge in [-0.15, -0.1) is 0 Å². The number of carbonyl (C=O) groups excluding carboxylic acids is 1. The van der Waals surface area contributed by atoms with E-state index in [1.807, 2.05) is 38.1 Å². The number of nitrogens with zero attached hydrogens (tertiary/aromatic N) is 1. The van der Waals surface area contributed by atoms with Gasteiger partial charge in [0, 0.05) is 6.07 Å². The molecule has 0 radical (unpaired) electrons. The van der Waals surface area contributed by atoms with Crippen molar-refractivity contribution >= 4 is 21.6 Å². The van der Waals surface area contributed by atoms with Crippen molar-refractivity contribution in [3.63, 3.8) is 0 Å². The van der Waals surface area contributed by atoms with Crippen molar-refractivity contribution in [3.8, 4) is 11.5 Å². The van der Waals surface area contributed by atoms with Gasteiger partial charge in [0.15, 0.2) is 11.5 Å². The lowest BCUT2D eigenvalue weighted by Crippen LogP contribution is -2.42. The van der Waals surface area contributed by atoms with Gasteiger partial charge in [-0.2, -0.15) is 0 Å². The van der Waals surface area contributed by atoms with Crippen LogP contribution in [0.2, 0.25) is 0 Å². The topological polar surface area (TPSA) is 84.9 Å². The average Bonchev–Trinajstić information content (AvgIpc) is 2.86. The summed E-state index contributed by atoms with van der Waals surface area (Å²) >= 11 is 0. The summed E-state index contributed by atoms with van der Waals surface area (Å²) in [5, 5.41) is 2.99. The normalized spacial score (nSPS) is 13.7. The smallest absolute Gasteiger partial charge is 0.264 e. The molecule has 178 valence electrons. The molecule has 4 rings (SSSR count). The Bertz CT molecular complexity index is 1240. The fourth-order valence-corrected chi connectivity index (χ4v) is 5.25. The molecule has 1 atom stereocenters. The van der Waals surface area contributed by atoms with Crippen LogP contribution in [-0.4, -0.2) is 34.1 Å². The first-order valence-electron chi connectivity index (χ1n) is 11.2. The SMILES string of the molecule is CC[C@H](NC(=O)CN(c1ccc2c(c1)OCCO2)S(=O)(=O)c1ccccc1)c1ccc(C)cc1. The molecule has 0 saturated carbocycles. The minimum Gasteiger partial charge on any atom is -0.486 e. The Kier molecular flexibility index (Phi) is 7.07. The average molecular weight is 481 g/mol. The molecule has 0 spiro atoms. The van der Waals surface area contributed by atoms with Crippen LogP contribution in [0.1, 0.15) is 30.5 Å². The predicted molar refractivity (Wildman–Crippen MR) is 131 cm³/mol. The molecule has 0 aromatic heterocycles. The van der Waals surface area contributed by atoms with E-state index in [1.165, 1.54) is 12.1 Å². The molecular formula is C26H28N2O5S. The number of fused-ring (bicyclic) bond motifs is 1. The van der Waals surface area contributed by atoms with E-state index in [0.717, 1.165) is 15.4 Å². The third-order valence-corrected chi connectivity index (χ3v) is 7.44. The number of rotatable bonds is 8. The van der Waals surface area contributed by atoms with E-state index in [1.54, 1.807) is 36.4 Å². The molecule has 0 fully saturated rings. The second kappa shape index (κ2) is 10.2. The van der Waals surface area contributed by atoms with Crippen LogP contribution in [0.5, 0.6) is 11.5 Å². The third-order valence-electron chi connectivity index (χ3n) is 5.66. The molecule has 0 bridgehead atoms. The van der Waals surface area contributed by atoms with Gasteiger partial charge in [-0.1, -0.05) is 55.0 Å². The first kappa shape index (κ1) is 23.6. The number of sulfonamides is 1. The van der Waals surface area contributed by atoms with Gasteiger partial charge < -0.3 is 14.8 Å². The highest BCUT2D eigenvalue weighted by Gasteiger charge is 2.29. The summed E-state index contributed by atoms with van der Waals surface area (Å²) in [6, 6.07) is 20.7. The molecule has 1 N–H and O–H groups in total. The number of ether oxygens (including phenoxy) is 2. The lowest BCUT2D eigenvalue weighted by Gasteiger charge is -2.27. The van der Waals surface area contributed by atoms with Crippen LogP contribution >= 0.6 is 0 Å². The van der Waals surface area contributed by atoms with Crippen molar-refractivity contribution in [1.29, 1.82) is 0 Å². The van der Waals surface area contributed by atoms with Crippen molar-refractivity contribution < 1.29 is 22.7 Å².